The first-order chi connectivity index (χ1) is 15.2. The number of H-pyrrole nitrogens is 1. The number of halogens is 5. The molecule has 32 heavy (non-hydrogen) atoms. The summed E-state index contributed by atoms with van der Waals surface area (Å²) in [6, 6.07) is 12.3. The van der Waals surface area contributed by atoms with Gasteiger partial charge in [0.25, 0.3) is 5.91 Å². The van der Waals surface area contributed by atoms with Crippen LogP contribution < -0.4 is 10.1 Å². The van der Waals surface area contributed by atoms with Crippen molar-refractivity contribution in [2.75, 3.05) is 5.32 Å². The quantitative estimate of drug-likeness (QED) is 0.386. The Hall–Kier alpha value is -3.95. The van der Waals surface area contributed by atoms with Crippen molar-refractivity contribution in [3.8, 4) is 5.75 Å². The van der Waals surface area contributed by atoms with Gasteiger partial charge in [-0.05, 0) is 42.5 Å². The fraction of sp³-hybridized carbons (Fsp3) is 0.0909. The highest BCUT2D eigenvalue weighted by Crippen LogP contribution is 2.33. The van der Waals surface area contributed by atoms with E-state index in [9.17, 15) is 26.7 Å². The van der Waals surface area contributed by atoms with E-state index in [1.807, 2.05) is 0 Å². The smallest absolute Gasteiger partial charge is 0.416 e. The van der Waals surface area contributed by atoms with Crippen LogP contribution in [0.5, 0.6) is 5.75 Å². The number of anilines is 1. The van der Waals surface area contributed by atoms with Crippen molar-refractivity contribution in [3.05, 3.63) is 89.0 Å². The van der Waals surface area contributed by atoms with Crippen LogP contribution in [0.4, 0.5) is 27.8 Å². The van der Waals surface area contributed by atoms with Crippen molar-refractivity contribution in [1.29, 1.82) is 0 Å². The monoisotopic (exact) mass is 447 g/mol. The van der Waals surface area contributed by atoms with E-state index in [-0.39, 0.29) is 22.7 Å². The number of ether oxygens (including phenoxy) is 1. The molecule has 0 unspecified atom stereocenters. The van der Waals surface area contributed by atoms with E-state index in [0.717, 1.165) is 18.2 Å². The number of rotatable bonds is 5. The number of nitrogens with one attached hydrogen (secondary N) is 2. The van der Waals surface area contributed by atoms with Gasteiger partial charge in [0.15, 0.2) is 5.82 Å². The highest BCUT2D eigenvalue weighted by molar-refractivity contribution is 6.08. The van der Waals surface area contributed by atoms with E-state index >= 15 is 0 Å². The van der Waals surface area contributed by atoms with Crippen molar-refractivity contribution >= 4 is 22.6 Å². The lowest BCUT2D eigenvalue weighted by molar-refractivity contribution is -0.138. The van der Waals surface area contributed by atoms with Crippen LogP contribution in [0, 0.1) is 11.6 Å². The maximum atomic E-state index is 13.8. The van der Waals surface area contributed by atoms with Gasteiger partial charge in [0, 0.05) is 10.9 Å². The summed E-state index contributed by atoms with van der Waals surface area (Å²) in [5.41, 5.74) is -1.02. The number of hydrogen-bond donors (Lipinski definition) is 2. The second kappa shape index (κ2) is 8.29. The lowest BCUT2D eigenvalue weighted by Gasteiger charge is -2.14. The molecule has 3 aromatic carbocycles. The minimum absolute atomic E-state index is 0.0939. The van der Waals surface area contributed by atoms with Gasteiger partial charge < -0.3 is 10.1 Å². The Morgan fingerprint density at radius 2 is 1.81 bits per heavy atom. The molecule has 0 aliphatic heterocycles. The van der Waals surface area contributed by atoms with Crippen LogP contribution in [0.25, 0.3) is 10.9 Å². The topological polar surface area (TPSA) is 67.0 Å². The molecule has 0 radical (unpaired) electrons. The summed E-state index contributed by atoms with van der Waals surface area (Å²) in [4.78, 5) is 12.4. The second-order valence-corrected chi connectivity index (χ2v) is 6.80. The number of carbonyl (C=O) groups is 1. The van der Waals surface area contributed by atoms with Gasteiger partial charge in [-0.3, -0.25) is 9.89 Å². The molecular weight excluding hydrogens is 433 g/mol. The van der Waals surface area contributed by atoms with E-state index in [1.165, 1.54) is 30.3 Å². The van der Waals surface area contributed by atoms with Gasteiger partial charge in [-0.1, -0.05) is 18.2 Å². The number of alkyl halides is 3. The average Bonchev–Trinajstić information content (AvgIpc) is 3.14. The zero-order valence-electron chi connectivity index (χ0n) is 16.1. The van der Waals surface area contributed by atoms with Gasteiger partial charge in [0.05, 0.1) is 16.6 Å². The number of amides is 1. The predicted molar refractivity (Wildman–Crippen MR) is 106 cm³/mol. The maximum absolute atomic E-state index is 13.8. The first kappa shape index (κ1) is 21.3. The second-order valence-electron chi connectivity index (χ2n) is 6.80. The summed E-state index contributed by atoms with van der Waals surface area (Å²) in [5.74, 6) is -2.14. The molecule has 5 nitrogen and oxygen atoms in total. The van der Waals surface area contributed by atoms with Crippen molar-refractivity contribution in [2.24, 2.45) is 0 Å². The number of carbonyl (C=O) groups excluding carboxylic acids is 1. The molecule has 0 bridgehead atoms. The molecule has 164 valence electrons. The molecule has 1 heterocycles. The maximum Gasteiger partial charge on any atom is 0.416 e. The molecule has 1 amide bonds. The number of hydrogen-bond acceptors (Lipinski definition) is 3. The van der Waals surface area contributed by atoms with Crippen LogP contribution in [-0.2, 0) is 12.8 Å². The molecule has 1 aromatic heterocycles. The van der Waals surface area contributed by atoms with Crippen molar-refractivity contribution < 1.29 is 31.5 Å². The van der Waals surface area contributed by atoms with E-state index in [1.54, 1.807) is 6.07 Å². The summed E-state index contributed by atoms with van der Waals surface area (Å²) < 4.78 is 72.1. The lowest BCUT2D eigenvalue weighted by Crippen LogP contribution is -2.14. The van der Waals surface area contributed by atoms with E-state index in [2.05, 4.69) is 15.5 Å². The molecule has 4 aromatic rings. The summed E-state index contributed by atoms with van der Waals surface area (Å²) in [7, 11) is 0. The number of aromatic nitrogens is 2. The van der Waals surface area contributed by atoms with Crippen LogP contribution in [-0.4, -0.2) is 16.1 Å². The van der Waals surface area contributed by atoms with Gasteiger partial charge in [0.1, 0.15) is 24.0 Å². The molecule has 0 saturated heterocycles. The third-order valence-corrected chi connectivity index (χ3v) is 4.66. The Bertz CT molecular complexity index is 1300. The first-order valence-electron chi connectivity index (χ1n) is 9.25. The minimum Gasteiger partial charge on any atom is -0.489 e. The van der Waals surface area contributed by atoms with E-state index < -0.39 is 35.9 Å². The van der Waals surface area contributed by atoms with Gasteiger partial charge in [0.2, 0.25) is 0 Å². The SMILES string of the molecule is O=C(Nc1n[nH]c2ccc(OCc3ccc(F)cc3C(F)(F)F)cc12)c1ccccc1F. The number of nitrogens with zero attached hydrogens (tertiary/aromatic N) is 1. The van der Waals surface area contributed by atoms with Crippen LogP contribution >= 0.6 is 0 Å². The average molecular weight is 447 g/mol. The van der Waals surface area contributed by atoms with Gasteiger partial charge >= 0.3 is 6.18 Å². The van der Waals surface area contributed by atoms with Crippen LogP contribution in [0.2, 0.25) is 0 Å². The van der Waals surface area contributed by atoms with Gasteiger partial charge in [-0.2, -0.15) is 18.3 Å². The molecular formula is C22H14F5N3O2. The van der Waals surface area contributed by atoms with E-state index in [4.69, 9.17) is 4.74 Å². The summed E-state index contributed by atoms with van der Waals surface area (Å²) in [6.45, 7) is -0.463. The Kier molecular flexibility index (Phi) is 5.52. The first-order valence-corrected chi connectivity index (χ1v) is 9.25. The normalized spacial score (nSPS) is 11.5. The molecule has 0 atom stereocenters. The van der Waals surface area contributed by atoms with Crippen LogP contribution in [0.15, 0.2) is 60.7 Å². The fourth-order valence-corrected chi connectivity index (χ4v) is 3.10. The molecule has 10 heteroatoms. The third-order valence-electron chi connectivity index (χ3n) is 4.66. The van der Waals surface area contributed by atoms with Crippen LogP contribution in [0.1, 0.15) is 21.5 Å². The van der Waals surface area contributed by atoms with Gasteiger partial charge in [-0.15, -0.1) is 0 Å². The van der Waals surface area contributed by atoms with Crippen molar-refractivity contribution in [2.45, 2.75) is 12.8 Å². The van der Waals surface area contributed by atoms with Crippen molar-refractivity contribution in [1.82, 2.24) is 10.2 Å². The lowest BCUT2D eigenvalue weighted by atomic mass is 10.1. The highest BCUT2D eigenvalue weighted by atomic mass is 19.4. The fourth-order valence-electron chi connectivity index (χ4n) is 3.10. The summed E-state index contributed by atoms with van der Waals surface area (Å²) in [5, 5.41) is 9.57. The molecule has 4 rings (SSSR count). The third kappa shape index (κ3) is 4.39. The minimum atomic E-state index is -4.74. The predicted octanol–water partition coefficient (Wildman–Crippen LogP) is 5.69. The zero-order valence-corrected chi connectivity index (χ0v) is 16.1. The Labute approximate surface area is 177 Å². The van der Waals surface area contributed by atoms with Crippen molar-refractivity contribution in [3.63, 3.8) is 0 Å². The van der Waals surface area contributed by atoms with Gasteiger partial charge in [-0.25, -0.2) is 8.78 Å². The van der Waals surface area contributed by atoms with E-state index in [0.29, 0.717) is 17.0 Å². The standard InChI is InChI=1S/C22H14F5N3O2/c23-13-6-5-12(17(9-13)22(25,26)27)11-32-14-7-8-19-16(10-14)20(30-29-19)28-21(31)15-3-1-2-4-18(15)24/h1-10H,11H2,(H2,28,29,30,31). The molecule has 0 aliphatic carbocycles. The molecule has 0 spiro atoms. The number of aromatic amines is 1. The Balaban J connectivity index is 1.56. The Morgan fingerprint density at radius 3 is 2.56 bits per heavy atom. The molecule has 0 fully saturated rings. The summed E-state index contributed by atoms with van der Waals surface area (Å²) >= 11 is 0. The Morgan fingerprint density at radius 1 is 1.03 bits per heavy atom. The molecule has 0 saturated carbocycles. The zero-order chi connectivity index (χ0) is 22.9. The number of fused-ring (bicyclic) bond motifs is 1. The highest BCUT2D eigenvalue weighted by Gasteiger charge is 2.33. The number of benzene rings is 3. The largest absolute Gasteiger partial charge is 0.489 e. The summed E-state index contributed by atoms with van der Waals surface area (Å²) in [6.07, 6.45) is -4.74. The molecule has 2 N–H and O–H groups in total. The molecule has 0 aliphatic rings. The van der Waals surface area contributed by atoms with Crippen LogP contribution in [0.3, 0.4) is 0 Å².